The van der Waals surface area contributed by atoms with Crippen molar-refractivity contribution in [3.8, 4) is 0 Å². The van der Waals surface area contributed by atoms with Crippen molar-refractivity contribution in [3.63, 3.8) is 0 Å². The van der Waals surface area contributed by atoms with Crippen LogP contribution in [-0.4, -0.2) is 28.4 Å². The van der Waals surface area contributed by atoms with Crippen molar-refractivity contribution in [3.05, 3.63) is 17.8 Å². The highest BCUT2D eigenvalue weighted by atomic mass is 32.2. The Labute approximate surface area is 104 Å². The molecule has 2 heterocycles. The van der Waals surface area contributed by atoms with Crippen LogP contribution in [-0.2, 0) is 0 Å². The molecular weight excluding hydrogens is 236 g/mol. The van der Waals surface area contributed by atoms with Gasteiger partial charge in [-0.1, -0.05) is 0 Å². The number of carbonyl (C=O) groups is 1. The zero-order valence-electron chi connectivity index (χ0n) is 9.48. The summed E-state index contributed by atoms with van der Waals surface area (Å²) in [4.78, 5) is 15.3. The van der Waals surface area contributed by atoms with Crippen LogP contribution in [0.3, 0.4) is 0 Å². The number of hydrogen-bond donors (Lipinski definition) is 3. The predicted octanol–water partition coefficient (Wildman–Crippen LogP) is 1.07. The van der Waals surface area contributed by atoms with E-state index in [0.29, 0.717) is 23.1 Å². The molecule has 5 N–H and O–H groups in total. The van der Waals surface area contributed by atoms with Gasteiger partial charge in [-0.2, -0.15) is 11.8 Å². The van der Waals surface area contributed by atoms with Gasteiger partial charge in [-0.3, -0.25) is 4.79 Å². The van der Waals surface area contributed by atoms with Gasteiger partial charge in [0, 0.05) is 6.04 Å². The lowest BCUT2D eigenvalue weighted by molar-refractivity contribution is 0.100. The minimum Gasteiger partial charge on any atom is -0.397 e. The van der Waals surface area contributed by atoms with Gasteiger partial charge in [0.1, 0.15) is 5.82 Å². The van der Waals surface area contributed by atoms with Crippen LogP contribution in [0.15, 0.2) is 12.3 Å². The van der Waals surface area contributed by atoms with Gasteiger partial charge in [0.05, 0.1) is 17.4 Å². The van der Waals surface area contributed by atoms with Crippen LogP contribution in [0, 0.1) is 0 Å². The molecule has 0 unspecified atom stereocenters. The van der Waals surface area contributed by atoms with Crippen LogP contribution in [0.4, 0.5) is 11.5 Å². The average Bonchev–Trinajstić information content (AvgIpc) is 2.32. The molecule has 0 aromatic carbocycles. The number of nitrogens with zero attached hydrogens (tertiary/aromatic N) is 1. The van der Waals surface area contributed by atoms with Gasteiger partial charge in [0.15, 0.2) is 0 Å². The lowest BCUT2D eigenvalue weighted by Crippen LogP contribution is -2.25. The van der Waals surface area contributed by atoms with Gasteiger partial charge < -0.3 is 16.8 Å². The first-order valence-corrected chi connectivity index (χ1v) is 6.72. The van der Waals surface area contributed by atoms with Crippen molar-refractivity contribution >= 4 is 29.2 Å². The van der Waals surface area contributed by atoms with E-state index >= 15 is 0 Å². The molecule has 1 aliphatic rings. The fourth-order valence-electron chi connectivity index (χ4n) is 1.81. The topological polar surface area (TPSA) is 94.0 Å². The Hall–Kier alpha value is -1.43. The van der Waals surface area contributed by atoms with E-state index in [9.17, 15) is 4.79 Å². The highest BCUT2D eigenvalue weighted by Crippen LogP contribution is 2.21. The van der Waals surface area contributed by atoms with Crippen LogP contribution in [0.5, 0.6) is 0 Å². The van der Waals surface area contributed by atoms with E-state index in [2.05, 4.69) is 10.3 Å². The van der Waals surface area contributed by atoms with Crippen molar-refractivity contribution in [2.45, 2.75) is 18.9 Å². The molecule has 17 heavy (non-hydrogen) atoms. The normalized spacial score (nSPS) is 16.7. The molecule has 2 rings (SSSR count). The maximum Gasteiger partial charge on any atom is 0.250 e. The Balaban J connectivity index is 2.10. The van der Waals surface area contributed by atoms with Crippen LogP contribution in [0.2, 0.25) is 0 Å². The third-order valence-electron chi connectivity index (χ3n) is 2.77. The molecule has 1 aromatic rings. The molecule has 0 atom stereocenters. The fourth-order valence-corrected chi connectivity index (χ4v) is 2.92. The number of nitrogen functional groups attached to an aromatic ring is 1. The summed E-state index contributed by atoms with van der Waals surface area (Å²) in [5.74, 6) is 2.47. The van der Waals surface area contributed by atoms with Gasteiger partial charge >= 0.3 is 0 Å². The number of anilines is 2. The molecule has 0 bridgehead atoms. The number of rotatable bonds is 3. The van der Waals surface area contributed by atoms with Crippen molar-refractivity contribution in [2.75, 3.05) is 22.6 Å². The molecule has 0 spiro atoms. The minimum atomic E-state index is -0.521. The van der Waals surface area contributed by atoms with Crippen molar-refractivity contribution in [1.29, 1.82) is 0 Å². The number of amides is 1. The molecule has 1 aromatic heterocycles. The van der Waals surface area contributed by atoms with Gasteiger partial charge in [-0.05, 0) is 30.4 Å². The first kappa shape index (κ1) is 12.0. The lowest BCUT2D eigenvalue weighted by Gasteiger charge is -2.23. The van der Waals surface area contributed by atoms with E-state index in [-0.39, 0.29) is 0 Å². The smallest absolute Gasteiger partial charge is 0.250 e. The average molecular weight is 252 g/mol. The van der Waals surface area contributed by atoms with E-state index in [4.69, 9.17) is 11.5 Å². The molecule has 92 valence electrons. The number of hydrogen-bond acceptors (Lipinski definition) is 5. The van der Waals surface area contributed by atoms with Gasteiger partial charge in [-0.25, -0.2) is 4.98 Å². The summed E-state index contributed by atoms with van der Waals surface area (Å²) < 4.78 is 0. The Morgan fingerprint density at radius 2 is 2.18 bits per heavy atom. The van der Waals surface area contributed by atoms with E-state index in [0.717, 1.165) is 24.3 Å². The molecule has 1 saturated heterocycles. The molecule has 1 aliphatic heterocycles. The number of aromatic nitrogens is 1. The fraction of sp³-hybridized carbons (Fsp3) is 0.455. The standard InChI is InChI=1S/C11H16N4OS/c12-9-6-14-10(5-8(9)11(13)16)15-7-1-3-17-4-2-7/h5-7H,1-4,12H2,(H2,13,16)(H,14,15). The monoisotopic (exact) mass is 252 g/mol. The van der Waals surface area contributed by atoms with Crippen molar-refractivity contribution in [1.82, 2.24) is 4.98 Å². The Morgan fingerprint density at radius 3 is 2.82 bits per heavy atom. The number of pyridine rings is 1. The molecule has 1 amide bonds. The van der Waals surface area contributed by atoms with Crippen LogP contribution >= 0.6 is 11.8 Å². The van der Waals surface area contributed by atoms with Crippen molar-refractivity contribution in [2.24, 2.45) is 5.73 Å². The second kappa shape index (κ2) is 5.27. The first-order valence-electron chi connectivity index (χ1n) is 5.56. The SMILES string of the molecule is NC(=O)c1cc(NC2CCSCC2)ncc1N. The highest BCUT2D eigenvalue weighted by molar-refractivity contribution is 7.99. The second-order valence-electron chi connectivity index (χ2n) is 4.05. The number of nitrogens with two attached hydrogens (primary N) is 2. The van der Waals surface area contributed by atoms with E-state index in [1.807, 2.05) is 11.8 Å². The quantitative estimate of drug-likeness (QED) is 0.748. The highest BCUT2D eigenvalue weighted by Gasteiger charge is 2.15. The lowest BCUT2D eigenvalue weighted by atomic mass is 10.1. The van der Waals surface area contributed by atoms with Crippen LogP contribution in [0.25, 0.3) is 0 Å². The minimum absolute atomic E-state index is 0.322. The molecule has 0 saturated carbocycles. The second-order valence-corrected chi connectivity index (χ2v) is 5.28. The first-order chi connectivity index (χ1) is 8.16. The summed E-state index contributed by atoms with van der Waals surface area (Å²) in [7, 11) is 0. The summed E-state index contributed by atoms with van der Waals surface area (Å²) in [6.07, 6.45) is 3.70. The van der Waals surface area contributed by atoms with Gasteiger partial charge in [-0.15, -0.1) is 0 Å². The van der Waals surface area contributed by atoms with Crippen LogP contribution < -0.4 is 16.8 Å². The zero-order valence-corrected chi connectivity index (χ0v) is 10.3. The summed E-state index contributed by atoms with van der Waals surface area (Å²) in [6.45, 7) is 0. The number of primary amides is 1. The summed E-state index contributed by atoms with van der Waals surface area (Å²) in [5.41, 5.74) is 11.5. The predicted molar refractivity (Wildman–Crippen MR) is 71.1 cm³/mol. The Kier molecular flexibility index (Phi) is 3.73. The van der Waals surface area contributed by atoms with E-state index in [1.165, 1.54) is 6.20 Å². The molecular formula is C11H16N4OS. The third kappa shape index (κ3) is 3.03. The summed E-state index contributed by atoms with van der Waals surface area (Å²) in [6, 6.07) is 2.05. The maximum atomic E-state index is 11.1. The largest absolute Gasteiger partial charge is 0.397 e. The Bertz CT molecular complexity index is 418. The number of thioether (sulfide) groups is 1. The Morgan fingerprint density at radius 1 is 1.47 bits per heavy atom. The molecule has 1 fully saturated rings. The van der Waals surface area contributed by atoms with E-state index < -0.39 is 5.91 Å². The molecule has 0 radical (unpaired) electrons. The van der Waals surface area contributed by atoms with Crippen molar-refractivity contribution < 1.29 is 4.79 Å². The van der Waals surface area contributed by atoms with E-state index in [1.54, 1.807) is 6.07 Å². The van der Waals surface area contributed by atoms with Gasteiger partial charge in [0.25, 0.3) is 5.91 Å². The maximum absolute atomic E-state index is 11.1. The molecule has 6 heteroatoms. The molecule has 0 aliphatic carbocycles. The summed E-state index contributed by atoms with van der Waals surface area (Å²) >= 11 is 1.97. The summed E-state index contributed by atoms with van der Waals surface area (Å²) in [5, 5.41) is 3.32. The molecule has 5 nitrogen and oxygen atoms in total. The van der Waals surface area contributed by atoms with Gasteiger partial charge in [0.2, 0.25) is 0 Å². The zero-order chi connectivity index (χ0) is 12.3. The number of nitrogens with one attached hydrogen (secondary N) is 1. The number of carbonyl (C=O) groups excluding carboxylic acids is 1. The third-order valence-corrected chi connectivity index (χ3v) is 3.82. The van der Waals surface area contributed by atoms with Crippen LogP contribution in [0.1, 0.15) is 23.2 Å².